The summed E-state index contributed by atoms with van der Waals surface area (Å²) in [5, 5.41) is 14.4. The van der Waals surface area contributed by atoms with Crippen LogP contribution in [0.5, 0.6) is 0 Å². The van der Waals surface area contributed by atoms with Crippen molar-refractivity contribution in [2.75, 3.05) is 17.7 Å². The Kier molecular flexibility index (Phi) is 4.65. The van der Waals surface area contributed by atoms with E-state index in [-0.39, 0.29) is 0 Å². The molecule has 3 rings (SSSR count). The van der Waals surface area contributed by atoms with E-state index < -0.39 is 5.97 Å². The summed E-state index contributed by atoms with van der Waals surface area (Å²) in [5.74, 6) is 0.619. The maximum atomic E-state index is 11.8. The van der Waals surface area contributed by atoms with Gasteiger partial charge in [-0.15, -0.1) is 5.10 Å². The summed E-state index contributed by atoms with van der Waals surface area (Å²) in [6.45, 7) is 0. The number of hydrogen-bond acceptors (Lipinski definition) is 7. The molecule has 1 aliphatic rings. The minimum absolute atomic E-state index is 0.403. The number of methoxy groups -OCH3 is 1. The van der Waals surface area contributed by atoms with Gasteiger partial charge in [0.15, 0.2) is 5.82 Å². The molecule has 0 bridgehead atoms. The van der Waals surface area contributed by atoms with Crippen LogP contribution in [0.3, 0.4) is 0 Å². The maximum Gasteiger partial charge on any atom is 0.339 e. The molecular formula is C16H19N5O2. The van der Waals surface area contributed by atoms with E-state index >= 15 is 0 Å². The molecule has 0 radical (unpaired) electrons. The number of anilines is 3. The van der Waals surface area contributed by atoms with Gasteiger partial charge in [-0.25, -0.2) is 4.79 Å². The zero-order valence-corrected chi connectivity index (χ0v) is 13.0. The van der Waals surface area contributed by atoms with Crippen molar-refractivity contribution >= 4 is 23.4 Å². The predicted molar refractivity (Wildman–Crippen MR) is 86.8 cm³/mol. The van der Waals surface area contributed by atoms with E-state index in [0.29, 0.717) is 29.1 Å². The molecule has 1 aromatic heterocycles. The zero-order chi connectivity index (χ0) is 16.1. The van der Waals surface area contributed by atoms with Crippen LogP contribution in [-0.2, 0) is 4.74 Å². The second-order valence-electron chi connectivity index (χ2n) is 5.45. The lowest BCUT2D eigenvalue weighted by atomic mass is 10.2. The summed E-state index contributed by atoms with van der Waals surface area (Å²) in [5.41, 5.74) is 1.06. The Morgan fingerprint density at radius 1 is 1.26 bits per heavy atom. The van der Waals surface area contributed by atoms with Crippen molar-refractivity contribution in [1.82, 2.24) is 15.2 Å². The molecule has 0 saturated heterocycles. The fraction of sp³-hybridized carbons (Fsp3) is 0.375. The summed E-state index contributed by atoms with van der Waals surface area (Å²) in [4.78, 5) is 16.2. The third-order valence-corrected chi connectivity index (χ3v) is 3.84. The third-order valence-electron chi connectivity index (χ3n) is 3.84. The van der Waals surface area contributed by atoms with Gasteiger partial charge in [-0.1, -0.05) is 25.0 Å². The average Bonchev–Trinajstić information content (AvgIpc) is 3.08. The Bertz CT molecular complexity index is 686. The molecule has 1 fully saturated rings. The minimum atomic E-state index is -0.403. The van der Waals surface area contributed by atoms with Crippen molar-refractivity contribution in [2.24, 2.45) is 0 Å². The van der Waals surface area contributed by atoms with Crippen LogP contribution in [0.4, 0.5) is 17.5 Å². The van der Waals surface area contributed by atoms with Gasteiger partial charge < -0.3 is 15.4 Å². The molecule has 0 atom stereocenters. The summed E-state index contributed by atoms with van der Waals surface area (Å²) in [6, 6.07) is 7.51. The zero-order valence-electron chi connectivity index (χ0n) is 13.0. The van der Waals surface area contributed by atoms with Gasteiger partial charge in [0.05, 0.1) is 24.6 Å². The van der Waals surface area contributed by atoms with Gasteiger partial charge in [-0.3, -0.25) is 0 Å². The molecule has 0 amide bonds. The molecule has 2 N–H and O–H groups in total. The first-order valence-electron chi connectivity index (χ1n) is 7.67. The van der Waals surface area contributed by atoms with Crippen molar-refractivity contribution < 1.29 is 9.53 Å². The van der Waals surface area contributed by atoms with Crippen LogP contribution in [0.2, 0.25) is 0 Å². The van der Waals surface area contributed by atoms with Gasteiger partial charge in [0.25, 0.3) is 0 Å². The lowest BCUT2D eigenvalue weighted by molar-refractivity contribution is 0.0602. The highest BCUT2D eigenvalue weighted by molar-refractivity contribution is 5.96. The number of carbonyl (C=O) groups excluding carboxylic acids is 1. The molecule has 2 aromatic rings. The van der Waals surface area contributed by atoms with Gasteiger partial charge in [0.2, 0.25) is 5.95 Å². The van der Waals surface area contributed by atoms with E-state index in [4.69, 9.17) is 4.74 Å². The normalized spacial score (nSPS) is 14.5. The topological polar surface area (TPSA) is 89.0 Å². The predicted octanol–water partition coefficient (Wildman–Crippen LogP) is 2.76. The first-order chi connectivity index (χ1) is 11.3. The third kappa shape index (κ3) is 3.74. The molecule has 1 aliphatic carbocycles. The second-order valence-corrected chi connectivity index (χ2v) is 5.45. The van der Waals surface area contributed by atoms with Crippen LogP contribution in [-0.4, -0.2) is 34.3 Å². The van der Waals surface area contributed by atoms with Gasteiger partial charge in [-0.05, 0) is 25.0 Å². The summed E-state index contributed by atoms with van der Waals surface area (Å²) >= 11 is 0. The van der Waals surface area contributed by atoms with Crippen molar-refractivity contribution in [3.63, 3.8) is 0 Å². The SMILES string of the molecule is COC(=O)c1ccccc1Nc1cnnc(NC2CCCC2)n1. The van der Waals surface area contributed by atoms with E-state index in [2.05, 4.69) is 25.8 Å². The van der Waals surface area contributed by atoms with E-state index in [0.717, 1.165) is 12.8 Å². The van der Waals surface area contributed by atoms with Crippen molar-refractivity contribution in [1.29, 1.82) is 0 Å². The Morgan fingerprint density at radius 3 is 2.83 bits per heavy atom. The second kappa shape index (κ2) is 7.04. The number of nitrogens with one attached hydrogen (secondary N) is 2. The number of benzene rings is 1. The lowest BCUT2D eigenvalue weighted by Gasteiger charge is -2.13. The minimum Gasteiger partial charge on any atom is -0.465 e. The van der Waals surface area contributed by atoms with Crippen LogP contribution in [0.15, 0.2) is 30.5 Å². The summed E-state index contributed by atoms with van der Waals surface area (Å²) in [7, 11) is 1.36. The highest BCUT2D eigenvalue weighted by Gasteiger charge is 2.16. The summed E-state index contributed by atoms with van der Waals surface area (Å²) in [6.07, 6.45) is 6.25. The smallest absolute Gasteiger partial charge is 0.339 e. The van der Waals surface area contributed by atoms with Crippen LogP contribution in [0, 0.1) is 0 Å². The number of aromatic nitrogens is 3. The number of carbonyl (C=O) groups is 1. The molecule has 1 aromatic carbocycles. The van der Waals surface area contributed by atoms with E-state index in [1.807, 2.05) is 6.07 Å². The van der Waals surface area contributed by atoms with Crippen LogP contribution < -0.4 is 10.6 Å². The van der Waals surface area contributed by atoms with E-state index in [1.54, 1.807) is 18.2 Å². The molecule has 1 saturated carbocycles. The number of rotatable bonds is 5. The maximum absolute atomic E-state index is 11.8. The number of para-hydroxylation sites is 1. The number of esters is 1. The van der Waals surface area contributed by atoms with E-state index in [1.165, 1.54) is 26.1 Å². The fourth-order valence-electron chi connectivity index (χ4n) is 2.70. The van der Waals surface area contributed by atoms with E-state index in [9.17, 15) is 4.79 Å². The highest BCUT2D eigenvalue weighted by Crippen LogP contribution is 2.22. The molecule has 0 unspecified atom stereocenters. The molecule has 0 aliphatic heterocycles. The number of ether oxygens (including phenoxy) is 1. The van der Waals surface area contributed by atoms with Crippen LogP contribution >= 0.6 is 0 Å². The Morgan fingerprint density at radius 2 is 2.04 bits per heavy atom. The van der Waals surface area contributed by atoms with Crippen molar-refractivity contribution in [3.8, 4) is 0 Å². The first-order valence-corrected chi connectivity index (χ1v) is 7.67. The highest BCUT2D eigenvalue weighted by atomic mass is 16.5. The van der Waals surface area contributed by atoms with Crippen LogP contribution in [0.25, 0.3) is 0 Å². The Labute approximate surface area is 134 Å². The Balaban J connectivity index is 1.76. The average molecular weight is 313 g/mol. The molecule has 120 valence electrons. The van der Waals surface area contributed by atoms with Gasteiger partial charge >= 0.3 is 5.97 Å². The monoisotopic (exact) mass is 313 g/mol. The molecule has 23 heavy (non-hydrogen) atoms. The molecule has 7 nitrogen and oxygen atoms in total. The quantitative estimate of drug-likeness (QED) is 0.820. The Hall–Kier alpha value is -2.70. The molecular weight excluding hydrogens is 294 g/mol. The number of hydrogen-bond donors (Lipinski definition) is 2. The van der Waals surface area contributed by atoms with Crippen molar-refractivity contribution in [2.45, 2.75) is 31.7 Å². The van der Waals surface area contributed by atoms with Crippen molar-refractivity contribution in [3.05, 3.63) is 36.0 Å². The lowest BCUT2D eigenvalue weighted by Crippen LogP contribution is -2.17. The van der Waals surface area contributed by atoms with Gasteiger partial charge in [0, 0.05) is 6.04 Å². The first kappa shape index (κ1) is 15.2. The molecule has 0 spiro atoms. The largest absolute Gasteiger partial charge is 0.465 e. The molecule has 1 heterocycles. The number of nitrogens with zero attached hydrogens (tertiary/aromatic N) is 3. The summed E-state index contributed by atoms with van der Waals surface area (Å²) < 4.78 is 4.79. The standard InChI is InChI=1S/C16H19N5O2/c1-23-15(22)12-8-4-5-9-13(12)19-14-10-17-21-16(20-14)18-11-6-2-3-7-11/h4-5,8-11H,2-3,6-7H2,1H3,(H2,18,19,20,21). The van der Waals surface area contributed by atoms with Gasteiger partial charge in [0.1, 0.15) is 0 Å². The van der Waals surface area contributed by atoms with Gasteiger partial charge in [-0.2, -0.15) is 10.1 Å². The van der Waals surface area contributed by atoms with Crippen LogP contribution in [0.1, 0.15) is 36.0 Å². The fourth-order valence-corrected chi connectivity index (χ4v) is 2.70. The molecule has 7 heteroatoms.